The molecule has 0 saturated heterocycles. The van der Waals surface area contributed by atoms with Crippen LogP contribution >= 0.6 is 0 Å². The zero-order chi connectivity index (χ0) is 12.4. The number of aliphatic hydroxyl groups excluding tert-OH is 2. The summed E-state index contributed by atoms with van der Waals surface area (Å²) in [5, 5.41) is 22.5. The summed E-state index contributed by atoms with van der Waals surface area (Å²) >= 11 is 0. The van der Waals surface area contributed by atoms with Gasteiger partial charge in [-0.3, -0.25) is 0 Å². The first kappa shape index (κ1) is 15.1. The molecule has 0 aromatic rings. The fourth-order valence-corrected chi connectivity index (χ4v) is 0.851. The van der Waals surface area contributed by atoms with Gasteiger partial charge < -0.3 is 30.3 Å². The molecule has 96 valence electrons. The standard InChI is InChI=1S/C9H20N2O5/c1-7(12)15-5-3-10-9(14)11-4-6-16-8(2)13/h7-8,12-13H,3-6H2,1-2H3,(H2,10,11,14). The molecule has 0 bridgehead atoms. The predicted octanol–water partition coefficient (Wildman–Crippen LogP) is -1.00. The van der Waals surface area contributed by atoms with E-state index in [9.17, 15) is 4.79 Å². The van der Waals surface area contributed by atoms with Crippen molar-refractivity contribution in [3.05, 3.63) is 0 Å². The Kier molecular flexibility index (Phi) is 8.82. The summed E-state index contributed by atoms with van der Waals surface area (Å²) in [5.74, 6) is 0. The molecule has 0 radical (unpaired) electrons. The summed E-state index contributed by atoms with van der Waals surface area (Å²) in [6.45, 7) is 4.10. The van der Waals surface area contributed by atoms with E-state index in [-0.39, 0.29) is 19.2 Å². The molecular weight excluding hydrogens is 216 g/mol. The Balaban J connectivity index is 3.25. The fraction of sp³-hybridized carbons (Fsp3) is 0.889. The van der Waals surface area contributed by atoms with Crippen molar-refractivity contribution >= 4 is 6.03 Å². The van der Waals surface area contributed by atoms with Crippen molar-refractivity contribution < 1.29 is 24.5 Å². The zero-order valence-electron chi connectivity index (χ0n) is 9.60. The molecule has 0 spiro atoms. The van der Waals surface area contributed by atoms with Crippen molar-refractivity contribution in [1.29, 1.82) is 0 Å². The van der Waals surface area contributed by atoms with Crippen LogP contribution in [0.15, 0.2) is 0 Å². The molecule has 0 aromatic heterocycles. The van der Waals surface area contributed by atoms with Gasteiger partial charge in [0, 0.05) is 13.1 Å². The predicted molar refractivity (Wildman–Crippen MR) is 56.7 cm³/mol. The molecule has 4 N–H and O–H groups in total. The van der Waals surface area contributed by atoms with Gasteiger partial charge in [-0.1, -0.05) is 0 Å². The van der Waals surface area contributed by atoms with E-state index in [1.807, 2.05) is 0 Å². The minimum atomic E-state index is -0.829. The number of hydrogen-bond acceptors (Lipinski definition) is 5. The van der Waals surface area contributed by atoms with Gasteiger partial charge in [-0.15, -0.1) is 0 Å². The Morgan fingerprint density at radius 3 is 1.75 bits per heavy atom. The molecule has 2 unspecified atom stereocenters. The molecule has 2 amide bonds. The van der Waals surface area contributed by atoms with E-state index in [0.29, 0.717) is 13.1 Å². The first-order chi connectivity index (χ1) is 7.52. The third-order valence-electron chi connectivity index (χ3n) is 1.49. The third kappa shape index (κ3) is 11.2. The largest absolute Gasteiger partial charge is 0.368 e. The summed E-state index contributed by atoms with van der Waals surface area (Å²) in [6, 6.07) is -0.344. The van der Waals surface area contributed by atoms with E-state index in [1.54, 1.807) is 0 Å². The number of rotatable bonds is 8. The lowest BCUT2D eigenvalue weighted by molar-refractivity contribution is -0.0833. The molecule has 0 aliphatic carbocycles. The Hall–Kier alpha value is -0.890. The maximum absolute atomic E-state index is 11.1. The van der Waals surface area contributed by atoms with Crippen LogP contribution in [0.5, 0.6) is 0 Å². The van der Waals surface area contributed by atoms with Gasteiger partial charge in [-0.25, -0.2) is 4.79 Å². The fourth-order valence-electron chi connectivity index (χ4n) is 0.851. The van der Waals surface area contributed by atoms with Gasteiger partial charge in [0.15, 0.2) is 12.6 Å². The minimum Gasteiger partial charge on any atom is -0.368 e. The maximum Gasteiger partial charge on any atom is 0.314 e. The first-order valence-electron chi connectivity index (χ1n) is 5.13. The van der Waals surface area contributed by atoms with Gasteiger partial charge in [0.2, 0.25) is 0 Å². The number of urea groups is 1. The Bertz CT molecular complexity index is 169. The van der Waals surface area contributed by atoms with Crippen molar-refractivity contribution in [1.82, 2.24) is 10.6 Å². The molecule has 16 heavy (non-hydrogen) atoms. The highest BCUT2D eigenvalue weighted by Gasteiger charge is 2.00. The quantitative estimate of drug-likeness (QED) is 0.320. The minimum absolute atomic E-state index is 0.245. The van der Waals surface area contributed by atoms with Gasteiger partial charge in [0.05, 0.1) is 13.2 Å². The summed E-state index contributed by atoms with van der Waals surface area (Å²) in [4.78, 5) is 11.1. The van der Waals surface area contributed by atoms with Crippen LogP contribution in [0.4, 0.5) is 4.79 Å². The first-order valence-corrected chi connectivity index (χ1v) is 5.13. The van der Waals surface area contributed by atoms with E-state index in [4.69, 9.17) is 19.7 Å². The highest BCUT2D eigenvalue weighted by atomic mass is 16.6. The maximum atomic E-state index is 11.1. The molecule has 0 saturated carbocycles. The molecular formula is C9H20N2O5. The second-order valence-corrected chi connectivity index (χ2v) is 3.12. The van der Waals surface area contributed by atoms with Crippen LogP contribution in [-0.4, -0.2) is 55.1 Å². The van der Waals surface area contributed by atoms with Crippen LogP contribution in [-0.2, 0) is 9.47 Å². The molecule has 2 atom stereocenters. The van der Waals surface area contributed by atoms with Crippen molar-refractivity contribution in [2.75, 3.05) is 26.3 Å². The van der Waals surface area contributed by atoms with Crippen LogP contribution in [0.25, 0.3) is 0 Å². The van der Waals surface area contributed by atoms with Crippen LogP contribution in [0.2, 0.25) is 0 Å². The summed E-state index contributed by atoms with van der Waals surface area (Å²) in [5.41, 5.74) is 0. The van der Waals surface area contributed by atoms with E-state index < -0.39 is 12.6 Å². The average molecular weight is 236 g/mol. The lowest BCUT2D eigenvalue weighted by atomic mass is 10.6. The van der Waals surface area contributed by atoms with Gasteiger partial charge in [0.25, 0.3) is 0 Å². The van der Waals surface area contributed by atoms with Crippen LogP contribution in [0.1, 0.15) is 13.8 Å². The molecule has 0 rings (SSSR count). The monoisotopic (exact) mass is 236 g/mol. The van der Waals surface area contributed by atoms with Gasteiger partial charge in [-0.05, 0) is 13.8 Å². The smallest absolute Gasteiger partial charge is 0.314 e. The van der Waals surface area contributed by atoms with Crippen molar-refractivity contribution in [3.8, 4) is 0 Å². The van der Waals surface area contributed by atoms with E-state index in [2.05, 4.69) is 10.6 Å². The van der Waals surface area contributed by atoms with E-state index in [0.717, 1.165) is 0 Å². The lowest BCUT2D eigenvalue weighted by Gasteiger charge is -2.10. The SMILES string of the molecule is CC(O)OCCNC(=O)NCCOC(C)O. The highest BCUT2D eigenvalue weighted by molar-refractivity contribution is 5.73. The van der Waals surface area contributed by atoms with E-state index in [1.165, 1.54) is 13.8 Å². The third-order valence-corrected chi connectivity index (χ3v) is 1.49. The number of hydrogen-bond donors (Lipinski definition) is 4. The molecule has 7 nitrogen and oxygen atoms in total. The molecule has 7 heteroatoms. The normalized spacial score (nSPS) is 14.2. The number of aliphatic hydroxyl groups is 2. The van der Waals surface area contributed by atoms with Crippen LogP contribution in [0, 0.1) is 0 Å². The average Bonchev–Trinajstić information content (AvgIpc) is 2.19. The molecule has 0 aliphatic heterocycles. The van der Waals surface area contributed by atoms with E-state index >= 15 is 0 Å². The Labute approximate surface area is 94.7 Å². The van der Waals surface area contributed by atoms with Crippen LogP contribution < -0.4 is 10.6 Å². The van der Waals surface area contributed by atoms with Crippen molar-refractivity contribution in [2.24, 2.45) is 0 Å². The molecule has 0 aromatic carbocycles. The highest BCUT2D eigenvalue weighted by Crippen LogP contribution is 1.82. The lowest BCUT2D eigenvalue weighted by Crippen LogP contribution is -2.39. The topological polar surface area (TPSA) is 100 Å². The summed E-state index contributed by atoms with van der Waals surface area (Å²) < 4.78 is 9.61. The Morgan fingerprint density at radius 2 is 1.44 bits per heavy atom. The number of carbonyl (C=O) groups excluding carboxylic acids is 1. The van der Waals surface area contributed by atoms with Crippen LogP contribution in [0.3, 0.4) is 0 Å². The molecule has 0 aliphatic rings. The number of nitrogens with one attached hydrogen (secondary N) is 2. The van der Waals surface area contributed by atoms with Crippen molar-refractivity contribution in [2.45, 2.75) is 26.4 Å². The second-order valence-electron chi connectivity index (χ2n) is 3.12. The molecule has 0 fully saturated rings. The van der Waals surface area contributed by atoms with Crippen molar-refractivity contribution in [3.63, 3.8) is 0 Å². The summed E-state index contributed by atoms with van der Waals surface area (Å²) in [7, 11) is 0. The number of carbonyl (C=O) groups is 1. The zero-order valence-corrected chi connectivity index (χ0v) is 9.60. The second kappa shape index (κ2) is 9.34. The number of amides is 2. The molecule has 0 heterocycles. The Morgan fingerprint density at radius 1 is 1.06 bits per heavy atom. The van der Waals surface area contributed by atoms with Gasteiger partial charge >= 0.3 is 6.03 Å². The van der Waals surface area contributed by atoms with Gasteiger partial charge in [-0.2, -0.15) is 0 Å². The van der Waals surface area contributed by atoms with Gasteiger partial charge in [0.1, 0.15) is 0 Å². The number of ether oxygens (including phenoxy) is 2. The summed E-state index contributed by atoms with van der Waals surface area (Å²) in [6.07, 6.45) is -1.66.